The monoisotopic (exact) mass is 360 g/mol. The SMILES string of the molecule is COc1ccc(OC)c(NC(=O)N2CCC[C@@H]2c2ccccc2Cl)c1. The number of halogens is 1. The van der Waals surface area contributed by atoms with Crippen LogP contribution in [0.25, 0.3) is 0 Å². The number of nitrogens with zero attached hydrogens (tertiary/aromatic N) is 1. The third-order valence-electron chi connectivity index (χ3n) is 4.43. The molecule has 1 fully saturated rings. The minimum Gasteiger partial charge on any atom is -0.497 e. The predicted molar refractivity (Wildman–Crippen MR) is 98.7 cm³/mol. The van der Waals surface area contributed by atoms with E-state index in [0.29, 0.717) is 28.8 Å². The van der Waals surface area contributed by atoms with E-state index >= 15 is 0 Å². The van der Waals surface area contributed by atoms with Crippen LogP contribution < -0.4 is 14.8 Å². The maximum atomic E-state index is 12.9. The van der Waals surface area contributed by atoms with Gasteiger partial charge in [0.2, 0.25) is 0 Å². The lowest BCUT2D eigenvalue weighted by atomic mass is 10.0. The molecule has 5 nitrogen and oxygen atoms in total. The van der Waals surface area contributed by atoms with Gasteiger partial charge in [0.05, 0.1) is 25.9 Å². The molecular weight excluding hydrogens is 340 g/mol. The number of likely N-dealkylation sites (tertiary alicyclic amines) is 1. The molecule has 25 heavy (non-hydrogen) atoms. The summed E-state index contributed by atoms with van der Waals surface area (Å²) in [4.78, 5) is 14.7. The van der Waals surface area contributed by atoms with Gasteiger partial charge < -0.3 is 19.7 Å². The standard InChI is InChI=1S/C19H21ClN2O3/c1-24-13-9-10-18(25-2)16(12-13)21-19(23)22-11-5-8-17(22)14-6-3-4-7-15(14)20/h3-4,6-7,9-10,12,17H,5,8,11H2,1-2H3,(H,21,23)/t17-/m1/s1. The molecule has 0 saturated carbocycles. The smallest absolute Gasteiger partial charge is 0.322 e. The molecule has 1 aliphatic heterocycles. The topological polar surface area (TPSA) is 50.8 Å². The van der Waals surface area contributed by atoms with Crippen molar-refractivity contribution in [3.05, 3.63) is 53.1 Å². The predicted octanol–water partition coefficient (Wildman–Crippen LogP) is 4.73. The molecule has 2 aromatic carbocycles. The van der Waals surface area contributed by atoms with Crippen molar-refractivity contribution in [2.45, 2.75) is 18.9 Å². The largest absolute Gasteiger partial charge is 0.497 e. The quantitative estimate of drug-likeness (QED) is 0.857. The molecule has 1 atom stereocenters. The van der Waals surface area contributed by atoms with Gasteiger partial charge in [0.1, 0.15) is 11.5 Å². The minimum atomic E-state index is -0.172. The lowest BCUT2D eigenvalue weighted by Gasteiger charge is -2.26. The van der Waals surface area contributed by atoms with Crippen LogP contribution in [0.15, 0.2) is 42.5 Å². The fourth-order valence-electron chi connectivity index (χ4n) is 3.18. The highest BCUT2D eigenvalue weighted by Gasteiger charge is 2.31. The van der Waals surface area contributed by atoms with Crippen molar-refractivity contribution < 1.29 is 14.3 Å². The molecular formula is C19H21ClN2O3. The Labute approximate surface area is 152 Å². The molecule has 6 heteroatoms. The van der Waals surface area contributed by atoms with Gasteiger partial charge in [-0.15, -0.1) is 0 Å². The number of benzene rings is 2. The Bertz CT molecular complexity index is 766. The fourth-order valence-corrected chi connectivity index (χ4v) is 3.44. The van der Waals surface area contributed by atoms with Crippen LogP contribution in [0, 0.1) is 0 Å². The van der Waals surface area contributed by atoms with Crippen LogP contribution in [0.4, 0.5) is 10.5 Å². The van der Waals surface area contributed by atoms with Gasteiger partial charge in [0.15, 0.2) is 0 Å². The average molecular weight is 361 g/mol. The maximum Gasteiger partial charge on any atom is 0.322 e. The van der Waals surface area contributed by atoms with Gasteiger partial charge in [0.25, 0.3) is 0 Å². The van der Waals surface area contributed by atoms with Gasteiger partial charge in [-0.1, -0.05) is 29.8 Å². The summed E-state index contributed by atoms with van der Waals surface area (Å²) >= 11 is 6.33. The van der Waals surface area contributed by atoms with Crippen molar-refractivity contribution in [2.24, 2.45) is 0 Å². The van der Waals surface area contributed by atoms with E-state index in [-0.39, 0.29) is 12.1 Å². The Morgan fingerprint density at radius 2 is 2.00 bits per heavy atom. The van der Waals surface area contributed by atoms with E-state index in [9.17, 15) is 4.79 Å². The number of nitrogens with one attached hydrogen (secondary N) is 1. The number of carbonyl (C=O) groups is 1. The number of urea groups is 1. The number of carbonyl (C=O) groups excluding carboxylic acids is 1. The Hall–Kier alpha value is -2.40. The van der Waals surface area contributed by atoms with Crippen LogP contribution >= 0.6 is 11.6 Å². The number of anilines is 1. The van der Waals surface area contributed by atoms with Crippen molar-refractivity contribution in [3.63, 3.8) is 0 Å². The lowest BCUT2D eigenvalue weighted by molar-refractivity contribution is 0.207. The van der Waals surface area contributed by atoms with Crippen molar-refractivity contribution in [2.75, 3.05) is 26.1 Å². The molecule has 3 rings (SSSR count). The highest BCUT2D eigenvalue weighted by atomic mass is 35.5. The number of hydrogen-bond acceptors (Lipinski definition) is 3. The summed E-state index contributed by atoms with van der Waals surface area (Å²) in [5.74, 6) is 1.24. The maximum absolute atomic E-state index is 12.9. The second-order valence-electron chi connectivity index (χ2n) is 5.87. The van der Waals surface area contributed by atoms with Crippen LogP contribution in [0.5, 0.6) is 11.5 Å². The summed E-state index contributed by atoms with van der Waals surface area (Å²) < 4.78 is 10.6. The molecule has 0 aromatic heterocycles. The third-order valence-corrected chi connectivity index (χ3v) is 4.77. The molecule has 132 valence electrons. The number of ether oxygens (including phenoxy) is 2. The van der Waals surface area contributed by atoms with Crippen molar-refractivity contribution in [1.82, 2.24) is 4.90 Å². The van der Waals surface area contributed by atoms with E-state index in [4.69, 9.17) is 21.1 Å². The van der Waals surface area contributed by atoms with E-state index in [1.165, 1.54) is 0 Å². The zero-order valence-corrected chi connectivity index (χ0v) is 15.0. The molecule has 1 aliphatic rings. The summed E-state index contributed by atoms with van der Waals surface area (Å²) in [7, 11) is 3.15. The van der Waals surface area contributed by atoms with Crippen LogP contribution in [-0.4, -0.2) is 31.7 Å². The third kappa shape index (κ3) is 3.66. The molecule has 1 N–H and O–H groups in total. The number of rotatable bonds is 4. The first-order valence-electron chi connectivity index (χ1n) is 8.18. The molecule has 1 saturated heterocycles. The fraction of sp³-hybridized carbons (Fsp3) is 0.316. The van der Waals surface area contributed by atoms with E-state index in [0.717, 1.165) is 18.4 Å². The summed E-state index contributed by atoms with van der Waals surface area (Å²) in [6.07, 6.45) is 1.84. The van der Waals surface area contributed by atoms with Crippen molar-refractivity contribution in [1.29, 1.82) is 0 Å². The molecule has 0 radical (unpaired) electrons. The molecule has 1 heterocycles. The van der Waals surface area contributed by atoms with Gasteiger partial charge in [-0.25, -0.2) is 4.79 Å². The molecule has 0 bridgehead atoms. The molecule has 0 unspecified atom stereocenters. The van der Waals surface area contributed by atoms with Crippen LogP contribution in [0.2, 0.25) is 5.02 Å². The number of methoxy groups -OCH3 is 2. The molecule has 2 aromatic rings. The molecule has 2 amide bonds. The Kier molecular flexibility index (Phi) is 5.34. The van der Waals surface area contributed by atoms with E-state index in [2.05, 4.69) is 5.32 Å². The van der Waals surface area contributed by atoms with Gasteiger partial charge in [-0.05, 0) is 36.6 Å². The first kappa shape index (κ1) is 17.4. The van der Waals surface area contributed by atoms with Crippen LogP contribution in [0.1, 0.15) is 24.4 Å². The first-order chi connectivity index (χ1) is 12.1. The van der Waals surface area contributed by atoms with Crippen molar-refractivity contribution in [3.8, 4) is 11.5 Å². The van der Waals surface area contributed by atoms with E-state index in [1.54, 1.807) is 32.4 Å². The number of amides is 2. The normalized spacial score (nSPS) is 16.6. The highest BCUT2D eigenvalue weighted by Crippen LogP contribution is 2.37. The van der Waals surface area contributed by atoms with E-state index < -0.39 is 0 Å². The minimum absolute atomic E-state index is 0.0229. The summed E-state index contributed by atoms with van der Waals surface area (Å²) in [5.41, 5.74) is 1.56. The highest BCUT2D eigenvalue weighted by molar-refractivity contribution is 6.31. The Morgan fingerprint density at radius 3 is 2.72 bits per heavy atom. The molecule has 0 spiro atoms. The summed E-state index contributed by atoms with van der Waals surface area (Å²) in [6.45, 7) is 0.688. The van der Waals surface area contributed by atoms with Crippen LogP contribution in [-0.2, 0) is 0 Å². The van der Waals surface area contributed by atoms with Crippen molar-refractivity contribution >= 4 is 23.3 Å². The van der Waals surface area contributed by atoms with Gasteiger partial charge >= 0.3 is 6.03 Å². The molecule has 0 aliphatic carbocycles. The van der Waals surface area contributed by atoms with Gasteiger partial charge in [-0.2, -0.15) is 0 Å². The zero-order valence-electron chi connectivity index (χ0n) is 14.3. The summed E-state index contributed by atoms with van der Waals surface area (Å²) in [5, 5.41) is 3.62. The Balaban J connectivity index is 1.82. The van der Waals surface area contributed by atoms with Crippen LogP contribution in [0.3, 0.4) is 0 Å². The number of hydrogen-bond donors (Lipinski definition) is 1. The van der Waals surface area contributed by atoms with Gasteiger partial charge in [0, 0.05) is 17.6 Å². The lowest BCUT2D eigenvalue weighted by Crippen LogP contribution is -2.34. The van der Waals surface area contributed by atoms with Gasteiger partial charge in [-0.3, -0.25) is 0 Å². The first-order valence-corrected chi connectivity index (χ1v) is 8.56. The average Bonchev–Trinajstić information content (AvgIpc) is 3.11. The summed E-state index contributed by atoms with van der Waals surface area (Å²) in [6, 6.07) is 12.8. The Morgan fingerprint density at radius 1 is 1.20 bits per heavy atom. The zero-order chi connectivity index (χ0) is 17.8. The van der Waals surface area contributed by atoms with E-state index in [1.807, 2.05) is 29.2 Å². The second kappa shape index (κ2) is 7.66. The second-order valence-corrected chi connectivity index (χ2v) is 6.28.